The first kappa shape index (κ1) is 14.4. The zero-order valence-electron chi connectivity index (χ0n) is 12.8. The highest BCUT2D eigenvalue weighted by molar-refractivity contribution is 4.83. The number of hydrogen-bond donors (Lipinski definition) is 1. The van der Waals surface area contributed by atoms with Crippen molar-refractivity contribution in [2.75, 3.05) is 6.54 Å². The summed E-state index contributed by atoms with van der Waals surface area (Å²) in [5.74, 6) is 3.06. The Morgan fingerprint density at radius 3 is 2.00 bits per heavy atom. The maximum atomic E-state index is 3.75. The van der Waals surface area contributed by atoms with Crippen molar-refractivity contribution < 1.29 is 0 Å². The van der Waals surface area contributed by atoms with Gasteiger partial charge in [0.25, 0.3) is 0 Å². The largest absolute Gasteiger partial charge is 0.312 e. The molecule has 0 amide bonds. The molecule has 1 N–H and O–H groups in total. The van der Waals surface area contributed by atoms with Gasteiger partial charge in [-0.1, -0.05) is 44.9 Å². The molecule has 0 heterocycles. The lowest BCUT2D eigenvalue weighted by atomic mass is 9.74. The summed E-state index contributed by atoms with van der Waals surface area (Å²) in [5, 5.41) is 3.75. The van der Waals surface area contributed by atoms with E-state index < -0.39 is 0 Å². The average molecular weight is 251 g/mol. The van der Waals surface area contributed by atoms with Crippen molar-refractivity contribution in [3.8, 4) is 0 Å². The van der Waals surface area contributed by atoms with E-state index >= 15 is 0 Å². The van der Waals surface area contributed by atoms with Crippen LogP contribution in [-0.4, -0.2) is 12.1 Å². The van der Waals surface area contributed by atoms with Crippen molar-refractivity contribution in [1.29, 1.82) is 0 Å². The molecule has 0 aromatic rings. The standard InChI is InChI=1S/C17H33N/c1-17(2,3)18-13-16-11-7-6-10-15(16)12-14-8-4-5-9-14/h14-16,18H,4-13H2,1-3H3. The van der Waals surface area contributed by atoms with Gasteiger partial charge in [-0.25, -0.2) is 0 Å². The molecule has 2 aliphatic carbocycles. The molecule has 0 radical (unpaired) electrons. The van der Waals surface area contributed by atoms with Gasteiger partial charge in [-0.15, -0.1) is 0 Å². The van der Waals surface area contributed by atoms with Gasteiger partial charge >= 0.3 is 0 Å². The summed E-state index contributed by atoms with van der Waals surface area (Å²) in [4.78, 5) is 0. The lowest BCUT2D eigenvalue weighted by molar-refractivity contribution is 0.181. The van der Waals surface area contributed by atoms with Crippen LogP contribution in [0.15, 0.2) is 0 Å². The summed E-state index contributed by atoms with van der Waals surface area (Å²) in [5.41, 5.74) is 0.287. The zero-order valence-corrected chi connectivity index (χ0v) is 12.8. The maximum absolute atomic E-state index is 3.75. The van der Waals surface area contributed by atoms with Crippen molar-refractivity contribution in [3.63, 3.8) is 0 Å². The molecule has 0 spiro atoms. The van der Waals surface area contributed by atoms with Crippen LogP contribution < -0.4 is 5.32 Å². The summed E-state index contributed by atoms with van der Waals surface area (Å²) >= 11 is 0. The number of hydrogen-bond acceptors (Lipinski definition) is 1. The minimum Gasteiger partial charge on any atom is -0.312 e. The summed E-state index contributed by atoms with van der Waals surface area (Å²) in [6, 6.07) is 0. The van der Waals surface area contributed by atoms with Crippen LogP contribution in [0.1, 0.15) is 78.6 Å². The van der Waals surface area contributed by atoms with E-state index in [1.54, 1.807) is 0 Å². The molecule has 0 aliphatic heterocycles. The van der Waals surface area contributed by atoms with Crippen LogP contribution in [-0.2, 0) is 0 Å². The van der Waals surface area contributed by atoms with E-state index in [1.165, 1.54) is 64.3 Å². The molecule has 2 unspecified atom stereocenters. The van der Waals surface area contributed by atoms with Crippen LogP contribution in [0.5, 0.6) is 0 Å². The van der Waals surface area contributed by atoms with Gasteiger partial charge in [0.2, 0.25) is 0 Å². The molecule has 2 saturated carbocycles. The van der Waals surface area contributed by atoms with Gasteiger partial charge in [0, 0.05) is 5.54 Å². The van der Waals surface area contributed by atoms with Crippen molar-refractivity contribution in [2.45, 2.75) is 84.1 Å². The normalized spacial score (nSPS) is 30.8. The Labute approximate surface area is 114 Å². The molecular formula is C17H33N. The average Bonchev–Trinajstić information content (AvgIpc) is 2.80. The van der Waals surface area contributed by atoms with Gasteiger partial charge in [-0.2, -0.15) is 0 Å². The second kappa shape index (κ2) is 6.41. The molecule has 1 heteroatoms. The summed E-state index contributed by atoms with van der Waals surface area (Å²) in [6.07, 6.45) is 13.5. The second-order valence-corrected chi connectivity index (χ2v) is 7.82. The third kappa shape index (κ3) is 4.57. The fraction of sp³-hybridized carbons (Fsp3) is 1.00. The smallest absolute Gasteiger partial charge is 0.00966 e. The van der Waals surface area contributed by atoms with E-state index in [2.05, 4.69) is 26.1 Å². The first-order valence-corrected chi connectivity index (χ1v) is 8.29. The Balaban J connectivity index is 1.81. The first-order chi connectivity index (χ1) is 8.54. The van der Waals surface area contributed by atoms with Crippen molar-refractivity contribution >= 4 is 0 Å². The van der Waals surface area contributed by atoms with E-state index in [1.807, 2.05) is 0 Å². The Morgan fingerprint density at radius 2 is 1.39 bits per heavy atom. The molecule has 0 aromatic carbocycles. The Bertz CT molecular complexity index is 234. The molecule has 2 aliphatic rings. The molecule has 106 valence electrons. The zero-order chi connectivity index (χ0) is 13.0. The third-order valence-electron chi connectivity index (χ3n) is 5.07. The van der Waals surface area contributed by atoms with Gasteiger partial charge in [-0.05, 0) is 57.9 Å². The van der Waals surface area contributed by atoms with Crippen molar-refractivity contribution in [2.24, 2.45) is 17.8 Å². The van der Waals surface area contributed by atoms with Gasteiger partial charge in [0.15, 0.2) is 0 Å². The highest BCUT2D eigenvalue weighted by Gasteiger charge is 2.29. The van der Waals surface area contributed by atoms with Crippen LogP contribution in [0.4, 0.5) is 0 Å². The molecular weight excluding hydrogens is 218 g/mol. The van der Waals surface area contributed by atoms with Crippen LogP contribution in [0, 0.1) is 17.8 Å². The fourth-order valence-corrected chi connectivity index (χ4v) is 3.97. The van der Waals surface area contributed by atoms with Gasteiger partial charge < -0.3 is 5.32 Å². The summed E-state index contributed by atoms with van der Waals surface area (Å²) < 4.78 is 0. The maximum Gasteiger partial charge on any atom is 0.00966 e. The molecule has 2 fully saturated rings. The predicted octanol–water partition coefficient (Wildman–Crippen LogP) is 4.76. The second-order valence-electron chi connectivity index (χ2n) is 7.82. The summed E-state index contributed by atoms with van der Waals surface area (Å²) in [7, 11) is 0. The lowest BCUT2D eigenvalue weighted by Crippen LogP contribution is -2.41. The van der Waals surface area contributed by atoms with E-state index in [0.717, 1.165) is 17.8 Å². The Kier molecular flexibility index (Phi) is 5.12. The van der Waals surface area contributed by atoms with E-state index in [0.29, 0.717) is 0 Å². The Morgan fingerprint density at radius 1 is 0.833 bits per heavy atom. The van der Waals surface area contributed by atoms with Gasteiger partial charge in [-0.3, -0.25) is 0 Å². The van der Waals surface area contributed by atoms with Gasteiger partial charge in [0.05, 0.1) is 0 Å². The molecule has 1 nitrogen and oxygen atoms in total. The van der Waals surface area contributed by atoms with Crippen molar-refractivity contribution in [1.82, 2.24) is 5.32 Å². The van der Waals surface area contributed by atoms with Crippen LogP contribution in [0.2, 0.25) is 0 Å². The molecule has 0 saturated heterocycles. The SMILES string of the molecule is CC(C)(C)NCC1CCCCC1CC1CCCC1. The molecule has 0 bridgehead atoms. The van der Waals surface area contributed by atoms with E-state index in [9.17, 15) is 0 Å². The molecule has 18 heavy (non-hydrogen) atoms. The third-order valence-corrected chi connectivity index (χ3v) is 5.07. The van der Waals surface area contributed by atoms with E-state index in [-0.39, 0.29) is 5.54 Å². The monoisotopic (exact) mass is 251 g/mol. The van der Waals surface area contributed by atoms with Gasteiger partial charge in [0.1, 0.15) is 0 Å². The number of rotatable bonds is 4. The first-order valence-electron chi connectivity index (χ1n) is 8.29. The van der Waals surface area contributed by atoms with Crippen LogP contribution in [0.25, 0.3) is 0 Å². The lowest BCUT2D eigenvalue weighted by Gasteiger charge is -2.35. The van der Waals surface area contributed by atoms with Crippen molar-refractivity contribution in [3.05, 3.63) is 0 Å². The Hall–Kier alpha value is -0.0400. The number of nitrogens with one attached hydrogen (secondary N) is 1. The molecule has 2 rings (SSSR count). The highest BCUT2D eigenvalue weighted by Crippen LogP contribution is 2.38. The van der Waals surface area contributed by atoms with Crippen LogP contribution >= 0.6 is 0 Å². The summed E-state index contributed by atoms with van der Waals surface area (Å²) in [6.45, 7) is 8.13. The molecule has 2 atom stereocenters. The minimum atomic E-state index is 0.287. The van der Waals surface area contributed by atoms with Crippen LogP contribution in [0.3, 0.4) is 0 Å². The quantitative estimate of drug-likeness (QED) is 0.759. The predicted molar refractivity (Wildman–Crippen MR) is 79.8 cm³/mol. The minimum absolute atomic E-state index is 0.287. The topological polar surface area (TPSA) is 12.0 Å². The van der Waals surface area contributed by atoms with E-state index in [4.69, 9.17) is 0 Å². The highest BCUT2D eigenvalue weighted by atomic mass is 14.9. The molecule has 0 aromatic heterocycles. The fourth-order valence-electron chi connectivity index (χ4n) is 3.97.